The van der Waals surface area contributed by atoms with Crippen molar-refractivity contribution in [2.24, 2.45) is 0 Å². The third-order valence-corrected chi connectivity index (χ3v) is 2.89. The van der Waals surface area contributed by atoms with Crippen LogP contribution >= 0.6 is 0 Å². The molecule has 1 aromatic rings. The van der Waals surface area contributed by atoms with Crippen LogP contribution in [-0.4, -0.2) is 25.5 Å². The smallest absolute Gasteiger partial charge is 0.321 e. The van der Waals surface area contributed by atoms with Gasteiger partial charge in [-0.05, 0) is 19.1 Å². The van der Waals surface area contributed by atoms with Crippen molar-refractivity contribution in [3.8, 4) is 0 Å². The van der Waals surface area contributed by atoms with Crippen LogP contribution in [0.15, 0.2) is 27.9 Å². The van der Waals surface area contributed by atoms with E-state index in [1.807, 2.05) is 4.72 Å². The maximum absolute atomic E-state index is 11.3. The molecule has 1 rings (SSSR count). The largest absolute Gasteiger partial charge is 0.480 e. The Balaban J connectivity index is 2.84. The summed E-state index contributed by atoms with van der Waals surface area (Å²) < 4.78 is 29.3. The van der Waals surface area contributed by atoms with E-state index in [-0.39, 0.29) is 5.09 Å². The van der Waals surface area contributed by atoms with Gasteiger partial charge in [-0.3, -0.25) is 4.79 Å². The van der Waals surface area contributed by atoms with Crippen molar-refractivity contribution < 1.29 is 22.7 Å². The molecule has 0 bridgehead atoms. The molecule has 0 saturated carbocycles. The van der Waals surface area contributed by atoms with Gasteiger partial charge in [-0.15, -0.1) is 0 Å². The number of hydrogen-bond donors (Lipinski definition) is 2. The Morgan fingerprint density at radius 3 is 2.71 bits per heavy atom. The number of aliphatic carboxylic acids is 1. The summed E-state index contributed by atoms with van der Waals surface area (Å²) in [5, 5.41) is 8.18. The van der Waals surface area contributed by atoms with E-state index in [0.717, 1.165) is 0 Å². The topological polar surface area (TPSA) is 96.6 Å². The molecule has 0 amide bonds. The van der Waals surface area contributed by atoms with Crippen molar-refractivity contribution in [2.45, 2.75) is 18.1 Å². The van der Waals surface area contributed by atoms with E-state index in [2.05, 4.69) is 4.42 Å². The summed E-state index contributed by atoms with van der Waals surface area (Å²) in [4.78, 5) is 10.4. The molecule has 1 atom stereocenters. The summed E-state index contributed by atoms with van der Waals surface area (Å²) in [7, 11) is -3.86. The molecule has 0 spiro atoms. The van der Waals surface area contributed by atoms with Gasteiger partial charge in [-0.25, -0.2) is 8.42 Å². The Bertz CT molecular complexity index is 407. The summed E-state index contributed by atoms with van der Waals surface area (Å²) >= 11 is 0. The van der Waals surface area contributed by atoms with E-state index in [4.69, 9.17) is 5.11 Å². The van der Waals surface area contributed by atoms with Crippen molar-refractivity contribution in [1.29, 1.82) is 0 Å². The van der Waals surface area contributed by atoms with Gasteiger partial charge in [0.2, 0.25) is 5.09 Å². The van der Waals surface area contributed by atoms with Gasteiger partial charge < -0.3 is 9.52 Å². The molecule has 2 N–H and O–H groups in total. The summed E-state index contributed by atoms with van der Waals surface area (Å²) in [5.74, 6) is -1.25. The highest BCUT2D eigenvalue weighted by atomic mass is 32.2. The first-order chi connectivity index (χ1) is 6.43. The van der Waals surface area contributed by atoms with Crippen molar-refractivity contribution >= 4 is 16.0 Å². The van der Waals surface area contributed by atoms with E-state index in [1.54, 1.807) is 0 Å². The molecule has 0 unspecified atom stereocenters. The number of carboxylic acids is 1. The van der Waals surface area contributed by atoms with Gasteiger partial charge in [0, 0.05) is 0 Å². The summed E-state index contributed by atoms with van der Waals surface area (Å²) in [5.41, 5.74) is 0. The Morgan fingerprint density at radius 1 is 1.64 bits per heavy atom. The molecule has 0 fully saturated rings. The Kier molecular flexibility index (Phi) is 2.92. The molecule has 0 aromatic carbocycles. The first-order valence-electron chi connectivity index (χ1n) is 3.72. The number of carboxylic acid groups (broad SMARTS) is 1. The number of sulfonamides is 1. The number of carbonyl (C=O) groups is 1. The van der Waals surface area contributed by atoms with Crippen molar-refractivity contribution in [3.05, 3.63) is 18.4 Å². The van der Waals surface area contributed by atoms with E-state index in [0.29, 0.717) is 0 Å². The third-order valence-electron chi connectivity index (χ3n) is 1.46. The van der Waals surface area contributed by atoms with Crippen molar-refractivity contribution in [2.75, 3.05) is 0 Å². The molecule has 0 aliphatic carbocycles. The highest BCUT2D eigenvalue weighted by Crippen LogP contribution is 2.08. The molecule has 6 nitrogen and oxygen atoms in total. The second-order valence-corrected chi connectivity index (χ2v) is 4.26. The fraction of sp³-hybridized carbons (Fsp3) is 0.286. The van der Waals surface area contributed by atoms with Crippen LogP contribution in [-0.2, 0) is 14.8 Å². The average molecular weight is 219 g/mol. The van der Waals surface area contributed by atoms with E-state index < -0.39 is 22.0 Å². The molecule has 1 heterocycles. The van der Waals surface area contributed by atoms with Crippen molar-refractivity contribution in [1.82, 2.24) is 4.72 Å². The second kappa shape index (κ2) is 3.81. The van der Waals surface area contributed by atoms with Crippen LogP contribution in [0.1, 0.15) is 6.92 Å². The number of rotatable bonds is 4. The molecule has 0 aliphatic heterocycles. The highest BCUT2D eigenvalue weighted by molar-refractivity contribution is 7.89. The summed E-state index contributed by atoms with van der Waals surface area (Å²) in [6, 6.07) is 1.45. The van der Waals surface area contributed by atoms with Crippen LogP contribution in [0.5, 0.6) is 0 Å². The van der Waals surface area contributed by atoms with E-state index >= 15 is 0 Å². The van der Waals surface area contributed by atoms with Crippen molar-refractivity contribution in [3.63, 3.8) is 0 Å². The maximum Gasteiger partial charge on any atom is 0.321 e. The minimum atomic E-state index is -3.86. The first-order valence-corrected chi connectivity index (χ1v) is 5.20. The molecule has 78 valence electrons. The highest BCUT2D eigenvalue weighted by Gasteiger charge is 2.23. The minimum Gasteiger partial charge on any atom is -0.480 e. The lowest BCUT2D eigenvalue weighted by Gasteiger charge is -2.07. The molecule has 0 aliphatic rings. The molecular formula is C7H9NO5S. The molecule has 0 radical (unpaired) electrons. The molecule has 14 heavy (non-hydrogen) atoms. The van der Waals surface area contributed by atoms with E-state index in [9.17, 15) is 13.2 Å². The average Bonchev–Trinajstić information content (AvgIpc) is 2.54. The number of furan rings is 1. The van der Waals surface area contributed by atoms with Crippen LogP contribution < -0.4 is 4.72 Å². The van der Waals surface area contributed by atoms with Gasteiger partial charge in [-0.2, -0.15) is 4.72 Å². The van der Waals surface area contributed by atoms with Gasteiger partial charge in [0.05, 0.1) is 6.26 Å². The van der Waals surface area contributed by atoms with Crippen LogP contribution in [0.2, 0.25) is 0 Å². The fourth-order valence-electron chi connectivity index (χ4n) is 0.758. The van der Waals surface area contributed by atoms with Gasteiger partial charge in [0.25, 0.3) is 10.0 Å². The quantitative estimate of drug-likeness (QED) is 0.744. The molecule has 7 heteroatoms. The molecule has 0 saturated heterocycles. The minimum absolute atomic E-state index is 0.300. The van der Waals surface area contributed by atoms with E-state index in [1.165, 1.54) is 25.3 Å². The summed E-state index contributed by atoms with van der Waals surface area (Å²) in [6.45, 7) is 1.23. The standard InChI is InChI=1S/C7H9NO5S/c1-5(7(9)10)8-14(11,12)6-3-2-4-13-6/h2-5,8H,1H3,(H,9,10)/t5-/m1/s1. The molecular weight excluding hydrogens is 210 g/mol. The maximum atomic E-state index is 11.3. The van der Waals surface area contributed by atoms with Gasteiger partial charge in [0.1, 0.15) is 6.04 Å². The third kappa shape index (κ3) is 2.33. The molecule has 1 aromatic heterocycles. The lowest BCUT2D eigenvalue weighted by atomic mass is 10.4. The Hall–Kier alpha value is -1.34. The zero-order chi connectivity index (χ0) is 10.8. The van der Waals surface area contributed by atoms with Crippen LogP contribution in [0.25, 0.3) is 0 Å². The van der Waals surface area contributed by atoms with Crippen LogP contribution in [0, 0.1) is 0 Å². The predicted molar refractivity (Wildman–Crippen MR) is 46.1 cm³/mol. The normalized spacial score (nSPS) is 13.8. The van der Waals surface area contributed by atoms with Crippen LogP contribution in [0.4, 0.5) is 0 Å². The monoisotopic (exact) mass is 219 g/mol. The first kappa shape index (κ1) is 10.7. The lowest BCUT2D eigenvalue weighted by Crippen LogP contribution is -2.38. The SMILES string of the molecule is C[C@@H](NS(=O)(=O)c1ccco1)C(=O)O. The Morgan fingerprint density at radius 2 is 2.29 bits per heavy atom. The van der Waals surface area contributed by atoms with Gasteiger partial charge >= 0.3 is 5.97 Å². The number of hydrogen-bond acceptors (Lipinski definition) is 4. The number of nitrogens with one attached hydrogen (secondary N) is 1. The zero-order valence-electron chi connectivity index (χ0n) is 7.30. The predicted octanol–water partition coefficient (Wildman–Crippen LogP) is 0.0310. The summed E-state index contributed by atoms with van der Waals surface area (Å²) in [6.07, 6.45) is 1.19. The fourth-order valence-corrected chi connectivity index (χ4v) is 1.88. The zero-order valence-corrected chi connectivity index (χ0v) is 8.11. The van der Waals surface area contributed by atoms with Crippen LogP contribution in [0.3, 0.4) is 0 Å². The van der Waals surface area contributed by atoms with Gasteiger partial charge in [0.15, 0.2) is 0 Å². The Labute approximate surface area is 80.6 Å². The lowest BCUT2D eigenvalue weighted by molar-refractivity contribution is -0.138. The second-order valence-electron chi connectivity index (χ2n) is 2.61. The van der Waals surface area contributed by atoms with Gasteiger partial charge in [-0.1, -0.05) is 0 Å².